The van der Waals surface area contributed by atoms with Gasteiger partial charge in [0.15, 0.2) is 12.7 Å². The maximum Gasteiger partial charge on any atom is 0.348 e. The van der Waals surface area contributed by atoms with Gasteiger partial charge in [-0.25, -0.2) is 4.79 Å². The van der Waals surface area contributed by atoms with Gasteiger partial charge in [-0.1, -0.05) is 23.7 Å². The number of thioether (sulfide) groups is 1. The fourth-order valence-corrected chi connectivity index (χ4v) is 3.55. The van der Waals surface area contributed by atoms with E-state index in [4.69, 9.17) is 26.8 Å². The molecule has 1 aliphatic heterocycles. The van der Waals surface area contributed by atoms with E-state index in [0.29, 0.717) is 27.8 Å². The van der Waals surface area contributed by atoms with E-state index in [1.54, 1.807) is 42.5 Å². The van der Waals surface area contributed by atoms with E-state index in [1.807, 2.05) is 0 Å². The molecule has 0 bridgehead atoms. The van der Waals surface area contributed by atoms with Crippen LogP contribution in [0.5, 0.6) is 5.75 Å². The highest BCUT2D eigenvalue weighted by Crippen LogP contribution is 2.31. The minimum atomic E-state index is -0.806. The average molecular weight is 421 g/mol. The van der Waals surface area contributed by atoms with Crippen LogP contribution in [0.3, 0.4) is 0 Å². The molecule has 0 spiro atoms. The van der Waals surface area contributed by atoms with Crippen molar-refractivity contribution in [2.24, 2.45) is 5.73 Å². The number of rotatable bonds is 7. The lowest BCUT2D eigenvalue weighted by atomic mass is 10.1. The van der Waals surface area contributed by atoms with Gasteiger partial charge < -0.3 is 20.5 Å². The summed E-state index contributed by atoms with van der Waals surface area (Å²) in [5, 5.41) is 3.22. The number of nitrogens with two attached hydrogens (primary N) is 1. The lowest BCUT2D eigenvalue weighted by Gasteiger charge is -2.12. The molecule has 0 saturated carbocycles. The standard InChI is InChI=1S/C19H17ClN2O5S/c20-12-5-6-14-11(7-12)8-15(27-14)19(25)26-9-18(24)22-13-3-1-2-4-16(13)28-10-17(21)23/h1-7,15H,8-10H2,(H2,21,23)(H,22,24)/t15-/m0/s1. The van der Waals surface area contributed by atoms with Crippen molar-refractivity contribution in [3.05, 3.63) is 53.1 Å². The summed E-state index contributed by atoms with van der Waals surface area (Å²) in [4.78, 5) is 36.0. The molecule has 7 nitrogen and oxygen atoms in total. The first kappa shape index (κ1) is 20.0. The highest BCUT2D eigenvalue weighted by atomic mass is 35.5. The van der Waals surface area contributed by atoms with Gasteiger partial charge >= 0.3 is 5.97 Å². The number of carbonyl (C=O) groups excluding carboxylic acids is 3. The van der Waals surface area contributed by atoms with Gasteiger partial charge in [-0.05, 0) is 35.9 Å². The number of esters is 1. The molecule has 1 atom stereocenters. The lowest BCUT2D eigenvalue weighted by molar-refractivity contribution is -0.153. The molecule has 146 valence electrons. The molecule has 0 fully saturated rings. The van der Waals surface area contributed by atoms with E-state index in [-0.39, 0.29) is 5.75 Å². The van der Waals surface area contributed by atoms with E-state index in [1.165, 1.54) is 11.8 Å². The van der Waals surface area contributed by atoms with Crippen LogP contribution in [-0.2, 0) is 25.5 Å². The minimum Gasteiger partial charge on any atom is -0.478 e. The van der Waals surface area contributed by atoms with Crippen molar-refractivity contribution in [2.75, 3.05) is 17.7 Å². The number of amides is 2. The van der Waals surface area contributed by atoms with Crippen molar-refractivity contribution in [1.82, 2.24) is 0 Å². The second kappa shape index (κ2) is 8.99. The Morgan fingerprint density at radius 1 is 1.25 bits per heavy atom. The number of fused-ring (bicyclic) bond motifs is 1. The van der Waals surface area contributed by atoms with Crippen LogP contribution in [0.25, 0.3) is 0 Å². The molecular weight excluding hydrogens is 404 g/mol. The highest BCUT2D eigenvalue weighted by Gasteiger charge is 2.31. The highest BCUT2D eigenvalue weighted by molar-refractivity contribution is 8.00. The number of para-hydroxylation sites is 1. The average Bonchev–Trinajstić information content (AvgIpc) is 3.08. The van der Waals surface area contributed by atoms with E-state index in [0.717, 1.165) is 5.56 Å². The van der Waals surface area contributed by atoms with Crippen LogP contribution < -0.4 is 15.8 Å². The molecule has 1 aliphatic rings. The lowest BCUT2D eigenvalue weighted by Crippen LogP contribution is -2.30. The second-order valence-electron chi connectivity index (χ2n) is 5.97. The van der Waals surface area contributed by atoms with Crippen LogP contribution in [0.2, 0.25) is 5.02 Å². The van der Waals surface area contributed by atoms with Crippen molar-refractivity contribution in [2.45, 2.75) is 17.4 Å². The van der Waals surface area contributed by atoms with Gasteiger partial charge in [0.05, 0.1) is 11.4 Å². The Labute approximate surface area is 170 Å². The summed E-state index contributed by atoms with van der Waals surface area (Å²) in [5.41, 5.74) is 6.48. The van der Waals surface area contributed by atoms with Crippen molar-refractivity contribution >= 4 is 46.8 Å². The van der Waals surface area contributed by atoms with Crippen LogP contribution in [-0.4, -0.2) is 36.2 Å². The van der Waals surface area contributed by atoms with Crippen LogP contribution in [0.15, 0.2) is 47.4 Å². The zero-order valence-electron chi connectivity index (χ0n) is 14.6. The zero-order valence-corrected chi connectivity index (χ0v) is 16.2. The molecule has 0 saturated heterocycles. The maximum atomic E-state index is 12.2. The van der Waals surface area contributed by atoms with Crippen molar-refractivity contribution in [1.29, 1.82) is 0 Å². The second-order valence-corrected chi connectivity index (χ2v) is 7.42. The van der Waals surface area contributed by atoms with Crippen LogP contribution in [0.4, 0.5) is 5.69 Å². The van der Waals surface area contributed by atoms with Crippen LogP contribution in [0.1, 0.15) is 5.56 Å². The van der Waals surface area contributed by atoms with Crippen LogP contribution >= 0.6 is 23.4 Å². The molecule has 2 aromatic carbocycles. The number of nitrogens with one attached hydrogen (secondary N) is 1. The fraction of sp³-hybridized carbons (Fsp3) is 0.211. The molecule has 2 amide bonds. The van der Waals surface area contributed by atoms with E-state index < -0.39 is 30.5 Å². The van der Waals surface area contributed by atoms with Gasteiger partial charge in [0.25, 0.3) is 5.91 Å². The molecule has 3 rings (SSSR count). The Kier molecular flexibility index (Phi) is 6.43. The summed E-state index contributed by atoms with van der Waals surface area (Å²) in [6, 6.07) is 12.1. The summed E-state index contributed by atoms with van der Waals surface area (Å²) >= 11 is 7.14. The van der Waals surface area contributed by atoms with E-state index in [2.05, 4.69) is 5.32 Å². The third-order valence-corrected chi connectivity index (χ3v) is 5.17. The van der Waals surface area contributed by atoms with Crippen molar-refractivity contribution in [3.8, 4) is 5.75 Å². The Hall–Kier alpha value is -2.71. The molecule has 0 radical (unpaired) electrons. The normalized spacial score (nSPS) is 14.7. The van der Waals surface area contributed by atoms with Crippen molar-refractivity contribution < 1.29 is 23.9 Å². The zero-order chi connectivity index (χ0) is 20.1. The Balaban J connectivity index is 1.51. The molecular formula is C19H17ClN2O5S. The van der Waals surface area contributed by atoms with E-state index >= 15 is 0 Å². The summed E-state index contributed by atoms with van der Waals surface area (Å²) in [5.74, 6) is -0.918. The van der Waals surface area contributed by atoms with E-state index in [9.17, 15) is 14.4 Å². The van der Waals surface area contributed by atoms with Gasteiger partial charge in [0, 0.05) is 16.3 Å². The Morgan fingerprint density at radius 3 is 2.82 bits per heavy atom. The van der Waals surface area contributed by atoms with Gasteiger partial charge in [0.2, 0.25) is 5.91 Å². The molecule has 1 heterocycles. The Morgan fingerprint density at radius 2 is 2.04 bits per heavy atom. The summed E-state index contributed by atoms with van der Waals surface area (Å²) in [6.07, 6.45) is -0.470. The molecule has 28 heavy (non-hydrogen) atoms. The first-order valence-electron chi connectivity index (χ1n) is 8.34. The first-order valence-corrected chi connectivity index (χ1v) is 9.70. The molecule has 0 aliphatic carbocycles. The summed E-state index contributed by atoms with van der Waals surface area (Å²) < 4.78 is 10.6. The van der Waals surface area contributed by atoms with Gasteiger partial charge in [-0.2, -0.15) is 0 Å². The molecule has 9 heteroatoms. The predicted molar refractivity (Wildman–Crippen MR) is 106 cm³/mol. The molecule has 2 aromatic rings. The number of primary amides is 1. The minimum absolute atomic E-state index is 0.0888. The smallest absolute Gasteiger partial charge is 0.348 e. The number of ether oxygens (including phenoxy) is 2. The quantitative estimate of drug-likeness (QED) is 0.526. The fourth-order valence-electron chi connectivity index (χ4n) is 2.61. The number of carbonyl (C=O) groups is 3. The third kappa shape index (κ3) is 5.17. The Bertz CT molecular complexity index is 921. The molecule has 0 unspecified atom stereocenters. The van der Waals surface area contributed by atoms with Gasteiger partial charge in [0.1, 0.15) is 5.75 Å². The summed E-state index contributed by atoms with van der Waals surface area (Å²) in [7, 11) is 0. The summed E-state index contributed by atoms with van der Waals surface area (Å²) in [6.45, 7) is -0.454. The number of hydrogen-bond acceptors (Lipinski definition) is 6. The molecule has 0 aromatic heterocycles. The van der Waals surface area contributed by atoms with Crippen LogP contribution in [0, 0.1) is 0 Å². The van der Waals surface area contributed by atoms with Crippen molar-refractivity contribution in [3.63, 3.8) is 0 Å². The first-order chi connectivity index (χ1) is 13.4. The van der Waals surface area contributed by atoms with Gasteiger partial charge in [-0.15, -0.1) is 11.8 Å². The SMILES string of the molecule is NC(=O)CSc1ccccc1NC(=O)COC(=O)[C@@H]1Cc2cc(Cl)ccc2O1. The number of halogens is 1. The number of anilines is 1. The predicted octanol–water partition coefficient (Wildman–Crippen LogP) is 2.40. The number of benzene rings is 2. The number of hydrogen-bond donors (Lipinski definition) is 2. The van der Waals surface area contributed by atoms with Gasteiger partial charge in [-0.3, -0.25) is 9.59 Å². The maximum absolute atomic E-state index is 12.2. The molecule has 3 N–H and O–H groups in total. The largest absolute Gasteiger partial charge is 0.478 e. The monoisotopic (exact) mass is 420 g/mol. The third-order valence-electron chi connectivity index (χ3n) is 3.84. The topological polar surface area (TPSA) is 108 Å².